The molecule has 5 nitrogen and oxygen atoms in total. The van der Waals surface area contributed by atoms with Gasteiger partial charge in [0.15, 0.2) is 11.2 Å². The Bertz CT molecular complexity index is 3150. The van der Waals surface area contributed by atoms with Crippen molar-refractivity contribution in [2.75, 3.05) is 4.90 Å². The van der Waals surface area contributed by atoms with E-state index in [2.05, 4.69) is 59.5 Å². The van der Waals surface area contributed by atoms with E-state index in [1.165, 1.54) is 16.2 Å². The number of anilines is 3. The van der Waals surface area contributed by atoms with E-state index in [-0.39, 0.29) is 0 Å². The van der Waals surface area contributed by atoms with Crippen LogP contribution < -0.4 is 4.90 Å². The zero-order valence-corrected chi connectivity index (χ0v) is 29.4. The summed E-state index contributed by atoms with van der Waals surface area (Å²) in [6, 6.07) is 59.3. The first kappa shape index (κ1) is 29.0. The Balaban J connectivity index is 1.00. The van der Waals surface area contributed by atoms with Crippen molar-refractivity contribution in [2.24, 2.45) is 0 Å². The number of fused-ring (bicyclic) bond motifs is 5. The molecule has 0 saturated heterocycles. The van der Waals surface area contributed by atoms with Crippen molar-refractivity contribution >= 4 is 71.6 Å². The third kappa shape index (κ3) is 5.58. The molecule has 0 N–H and O–H groups in total. The first-order valence-electron chi connectivity index (χ1n) is 19.2. The molecule has 2 aromatic heterocycles. The van der Waals surface area contributed by atoms with Gasteiger partial charge in [-0.05, 0) is 153 Å². The topological polar surface area (TPSA) is 55.3 Å². The second kappa shape index (κ2) is 12.6. The Kier molecular flexibility index (Phi) is 6.63. The molecule has 11 aromatic rings. The van der Waals surface area contributed by atoms with Crippen LogP contribution in [0.25, 0.3) is 88.6 Å². The Morgan fingerprint density at radius 3 is 1.45 bits per heavy atom. The lowest BCUT2D eigenvalue weighted by Gasteiger charge is -2.26. The molecule has 0 amide bonds. The van der Waals surface area contributed by atoms with Gasteiger partial charge >= 0.3 is 0 Å². The number of hydrogen-bond acceptors (Lipinski definition) is 5. The highest BCUT2D eigenvalue weighted by atomic mass is 16.4. The highest BCUT2D eigenvalue weighted by Gasteiger charge is 2.17. The second-order valence-electron chi connectivity index (χ2n) is 13.7. The molecule has 9 aromatic carbocycles. The van der Waals surface area contributed by atoms with Crippen LogP contribution in [0.2, 0.25) is 0 Å². The van der Waals surface area contributed by atoms with Crippen molar-refractivity contribution in [3.8, 4) is 34.0 Å². The van der Waals surface area contributed by atoms with Crippen molar-refractivity contribution in [2.45, 2.75) is 0 Å². The lowest BCUT2D eigenvalue weighted by Crippen LogP contribution is -2.09. The molecule has 0 spiro atoms. The SMILES string of the molecule is [2H]c1cc(N(c2ccc(-c3nc4ccccc4o3)cc2)c2ccc(-c3nc4ccccc4o3)cc2)cc2c([2H])cc(-c3ccc4cc5ccccc5cc4c3)cc12. The summed E-state index contributed by atoms with van der Waals surface area (Å²) in [7, 11) is 0. The van der Waals surface area contributed by atoms with Crippen molar-refractivity contribution in [1.29, 1.82) is 0 Å². The van der Waals surface area contributed by atoms with Gasteiger partial charge in [0.25, 0.3) is 0 Å². The number of oxazole rings is 2. The Labute approximate surface area is 319 Å². The third-order valence-corrected chi connectivity index (χ3v) is 10.3. The lowest BCUT2D eigenvalue weighted by atomic mass is 9.97. The Hall–Kier alpha value is -7.50. The predicted molar refractivity (Wildman–Crippen MR) is 225 cm³/mol. The normalized spacial score (nSPS) is 12.1. The van der Waals surface area contributed by atoms with Gasteiger partial charge in [-0.25, -0.2) is 9.97 Å². The van der Waals surface area contributed by atoms with Crippen LogP contribution in [0, 0.1) is 0 Å². The average Bonchev–Trinajstić information content (AvgIpc) is 3.89. The fourth-order valence-corrected chi connectivity index (χ4v) is 7.45. The molecule has 0 aliphatic heterocycles. The van der Waals surface area contributed by atoms with E-state index in [0.29, 0.717) is 29.3 Å². The van der Waals surface area contributed by atoms with E-state index in [0.717, 1.165) is 72.3 Å². The van der Waals surface area contributed by atoms with E-state index in [1.54, 1.807) is 0 Å². The van der Waals surface area contributed by atoms with Gasteiger partial charge in [0.2, 0.25) is 11.8 Å². The molecule has 0 radical (unpaired) electrons. The number of nitrogens with zero attached hydrogens (tertiary/aromatic N) is 3. The van der Waals surface area contributed by atoms with Crippen LogP contribution in [-0.4, -0.2) is 9.97 Å². The number of benzene rings is 9. The number of para-hydroxylation sites is 4. The first-order chi connectivity index (χ1) is 28.0. The van der Waals surface area contributed by atoms with Crippen LogP contribution in [0.5, 0.6) is 0 Å². The molecule has 0 saturated carbocycles. The predicted octanol–water partition coefficient (Wildman–Crippen LogP) is 13.9. The fraction of sp³-hybridized carbons (Fsp3) is 0. The molecular formula is C50H31N3O2. The molecule has 0 unspecified atom stereocenters. The van der Waals surface area contributed by atoms with Gasteiger partial charge in [-0.1, -0.05) is 78.8 Å². The molecule has 0 bridgehead atoms. The largest absolute Gasteiger partial charge is 0.436 e. The summed E-state index contributed by atoms with van der Waals surface area (Å²) in [5, 5.41) is 6.12. The molecule has 5 heteroatoms. The van der Waals surface area contributed by atoms with Gasteiger partial charge in [0.1, 0.15) is 11.0 Å². The van der Waals surface area contributed by atoms with Crippen LogP contribution >= 0.6 is 0 Å². The summed E-state index contributed by atoms with van der Waals surface area (Å²) in [5.41, 5.74) is 9.20. The van der Waals surface area contributed by atoms with Crippen LogP contribution in [0.15, 0.2) is 197 Å². The molecule has 0 atom stereocenters. The number of rotatable bonds is 6. The van der Waals surface area contributed by atoms with Gasteiger partial charge in [-0.3, -0.25) is 0 Å². The van der Waals surface area contributed by atoms with Crippen molar-refractivity contribution in [3.05, 3.63) is 188 Å². The summed E-state index contributed by atoms with van der Waals surface area (Å²) in [6.45, 7) is 0. The average molecular weight is 708 g/mol. The van der Waals surface area contributed by atoms with Gasteiger partial charge in [0.05, 0.1) is 2.74 Å². The van der Waals surface area contributed by atoms with E-state index in [9.17, 15) is 2.74 Å². The smallest absolute Gasteiger partial charge is 0.227 e. The summed E-state index contributed by atoms with van der Waals surface area (Å²) < 4.78 is 30.8. The maximum atomic E-state index is 9.35. The number of hydrogen-bond donors (Lipinski definition) is 0. The molecule has 0 aliphatic carbocycles. The minimum absolute atomic E-state index is 0.334. The third-order valence-electron chi connectivity index (χ3n) is 10.3. The highest BCUT2D eigenvalue weighted by molar-refractivity contribution is 6.00. The van der Waals surface area contributed by atoms with E-state index < -0.39 is 0 Å². The van der Waals surface area contributed by atoms with E-state index >= 15 is 0 Å². The van der Waals surface area contributed by atoms with Gasteiger partial charge in [-0.2, -0.15) is 0 Å². The van der Waals surface area contributed by atoms with Crippen molar-refractivity contribution in [1.82, 2.24) is 9.97 Å². The van der Waals surface area contributed by atoms with Crippen LogP contribution in [0.4, 0.5) is 17.1 Å². The minimum atomic E-state index is 0.334. The number of aromatic nitrogens is 2. The highest BCUT2D eigenvalue weighted by Crippen LogP contribution is 2.39. The molecule has 0 aliphatic rings. The standard InChI is InChI=1S/C50H31N3O2/c1-2-8-35-29-41-30-37(13-15-39(41)27-34(35)7-1)36-14-16-40-31-44(26-21-38(40)28-36)53(42-22-17-32(18-23-42)49-51-45-9-3-5-11-47(45)54-49)43-24-19-33(20-25-43)50-52-46-10-4-6-12-48(46)55-50/h1-31H/i16D,21D. The van der Waals surface area contributed by atoms with Crippen molar-refractivity contribution in [3.63, 3.8) is 0 Å². The summed E-state index contributed by atoms with van der Waals surface area (Å²) in [4.78, 5) is 11.5. The zero-order valence-electron chi connectivity index (χ0n) is 31.4. The fourth-order valence-electron chi connectivity index (χ4n) is 7.45. The summed E-state index contributed by atoms with van der Waals surface area (Å²) in [6.07, 6.45) is 0. The van der Waals surface area contributed by atoms with Gasteiger partial charge < -0.3 is 13.7 Å². The Morgan fingerprint density at radius 1 is 0.364 bits per heavy atom. The van der Waals surface area contributed by atoms with Gasteiger partial charge in [0, 0.05) is 28.2 Å². The maximum absolute atomic E-state index is 9.35. The zero-order chi connectivity index (χ0) is 38.0. The van der Waals surface area contributed by atoms with Crippen molar-refractivity contribution < 1.29 is 11.6 Å². The quantitative estimate of drug-likeness (QED) is 0.161. The molecule has 0 fully saturated rings. The molecular weight excluding hydrogens is 675 g/mol. The first-order valence-corrected chi connectivity index (χ1v) is 18.2. The minimum Gasteiger partial charge on any atom is -0.436 e. The van der Waals surface area contributed by atoms with Crippen LogP contribution in [0.1, 0.15) is 2.74 Å². The lowest BCUT2D eigenvalue weighted by molar-refractivity contribution is 0.619. The summed E-state index contributed by atoms with van der Waals surface area (Å²) >= 11 is 0. The van der Waals surface area contributed by atoms with Crippen LogP contribution in [0.3, 0.4) is 0 Å². The van der Waals surface area contributed by atoms with E-state index in [1.807, 2.05) is 121 Å². The Morgan fingerprint density at radius 2 is 0.836 bits per heavy atom. The maximum Gasteiger partial charge on any atom is 0.227 e. The van der Waals surface area contributed by atoms with Crippen LogP contribution in [-0.2, 0) is 0 Å². The van der Waals surface area contributed by atoms with E-state index in [4.69, 9.17) is 18.8 Å². The molecule has 2 heterocycles. The monoisotopic (exact) mass is 707 g/mol. The summed E-state index contributed by atoms with van der Waals surface area (Å²) in [5.74, 6) is 1.09. The molecule has 258 valence electrons. The molecule has 11 rings (SSSR count). The van der Waals surface area contributed by atoms with Gasteiger partial charge in [-0.15, -0.1) is 0 Å². The second-order valence-corrected chi connectivity index (χ2v) is 13.7. The molecule has 55 heavy (non-hydrogen) atoms.